The Morgan fingerprint density at radius 3 is 2.46 bits per heavy atom. The van der Waals surface area contributed by atoms with Crippen LogP contribution in [0.15, 0.2) is 12.1 Å². The summed E-state index contributed by atoms with van der Waals surface area (Å²) < 4.78 is 7.07. The molecule has 0 bridgehead atoms. The van der Waals surface area contributed by atoms with E-state index >= 15 is 0 Å². The normalized spacial score (nSPS) is 21.7. The Hall–Kier alpha value is -2.23. The molecule has 3 saturated heterocycles. The summed E-state index contributed by atoms with van der Waals surface area (Å²) in [7, 11) is 0. The van der Waals surface area contributed by atoms with Crippen LogP contribution in [0.2, 0.25) is 0 Å². The van der Waals surface area contributed by atoms with E-state index in [1.165, 1.54) is 30.4 Å². The Morgan fingerprint density at radius 1 is 0.943 bits per heavy atom. The minimum absolute atomic E-state index is 0.143. The number of fused-ring (bicyclic) bond motifs is 1. The lowest BCUT2D eigenvalue weighted by Crippen LogP contribution is -2.47. The number of nitrogens with one attached hydrogen (secondary N) is 1. The van der Waals surface area contributed by atoms with E-state index in [0.29, 0.717) is 0 Å². The Labute approximate surface area is 208 Å². The second kappa shape index (κ2) is 11.7. The van der Waals surface area contributed by atoms with Crippen LogP contribution in [0.4, 0.5) is 10.6 Å². The zero-order valence-electron chi connectivity index (χ0n) is 21.3. The third-order valence-corrected chi connectivity index (χ3v) is 7.77. The van der Waals surface area contributed by atoms with E-state index in [1.807, 2.05) is 19.1 Å². The Bertz CT molecular complexity index is 969. The summed E-state index contributed by atoms with van der Waals surface area (Å²) in [5, 5.41) is 7.79. The monoisotopic (exact) mass is 483 g/mol. The van der Waals surface area contributed by atoms with Gasteiger partial charge < -0.3 is 19.9 Å². The van der Waals surface area contributed by atoms with Gasteiger partial charge in [0.2, 0.25) is 0 Å². The van der Waals surface area contributed by atoms with E-state index in [4.69, 9.17) is 9.72 Å². The fraction of sp³-hybridized carbons (Fsp3) is 0.731. The second-order valence-corrected chi connectivity index (χ2v) is 10.3. The van der Waals surface area contributed by atoms with E-state index in [0.717, 1.165) is 107 Å². The molecule has 0 spiro atoms. The first-order valence-electron chi connectivity index (χ1n) is 13.6. The molecule has 0 aromatic carbocycles. The molecule has 0 saturated carbocycles. The van der Waals surface area contributed by atoms with E-state index in [2.05, 4.69) is 25.1 Å². The molecule has 3 aliphatic heterocycles. The van der Waals surface area contributed by atoms with Crippen LogP contribution in [-0.2, 0) is 4.74 Å². The van der Waals surface area contributed by atoms with Crippen LogP contribution in [-0.4, -0.2) is 102 Å². The van der Waals surface area contributed by atoms with Gasteiger partial charge in [0.15, 0.2) is 0 Å². The van der Waals surface area contributed by atoms with Crippen molar-refractivity contribution >= 4 is 22.9 Å². The highest BCUT2D eigenvalue weighted by molar-refractivity contribution is 5.90. The van der Waals surface area contributed by atoms with E-state index in [-0.39, 0.29) is 12.1 Å². The van der Waals surface area contributed by atoms with Gasteiger partial charge in [-0.2, -0.15) is 9.78 Å². The van der Waals surface area contributed by atoms with Crippen molar-refractivity contribution in [3.8, 4) is 0 Å². The van der Waals surface area contributed by atoms with Crippen LogP contribution in [0.1, 0.15) is 50.6 Å². The van der Waals surface area contributed by atoms with Crippen LogP contribution in [0.25, 0.3) is 11.0 Å². The van der Waals surface area contributed by atoms with Gasteiger partial charge in [0.1, 0.15) is 11.3 Å². The lowest BCUT2D eigenvalue weighted by molar-refractivity contribution is 0.134. The van der Waals surface area contributed by atoms with E-state index < -0.39 is 0 Å². The number of pyridine rings is 1. The van der Waals surface area contributed by atoms with Gasteiger partial charge in [-0.1, -0.05) is 12.8 Å². The molecule has 5 rings (SSSR count). The molecule has 0 aliphatic carbocycles. The smallest absolute Gasteiger partial charge is 0.342 e. The predicted octanol–water partition coefficient (Wildman–Crippen LogP) is 2.86. The van der Waals surface area contributed by atoms with Crippen LogP contribution in [0.3, 0.4) is 0 Å². The van der Waals surface area contributed by atoms with Crippen molar-refractivity contribution in [2.75, 3.05) is 70.5 Å². The van der Waals surface area contributed by atoms with Crippen molar-refractivity contribution in [1.29, 1.82) is 0 Å². The number of likely N-dealkylation sites (tertiary alicyclic amines) is 1. The Kier molecular flexibility index (Phi) is 8.16. The van der Waals surface area contributed by atoms with Gasteiger partial charge in [-0.3, -0.25) is 4.90 Å². The van der Waals surface area contributed by atoms with Crippen molar-refractivity contribution in [2.45, 2.75) is 57.9 Å². The Morgan fingerprint density at radius 2 is 1.69 bits per heavy atom. The predicted molar refractivity (Wildman–Crippen MR) is 138 cm³/mol. The fourth-order valence-corrected chi connectivity index (χ4v) is 5.60. The summed E-state index contributed by atoms with van der Waals surface area (Å²) in [6.07, 6.45) is 8.10. The van der Waals surface area contributed by atoms with E-state index in [1.54, 1.807) is 0 Å². The highest BCUT2D eigenvalue weighted by Gasteiger charge is 2.24. The summed E-state index contributed by atoms with van der Waals surface area (Å²) in [5.41, 5.74) is 2.42. The molecule has 2 aromatic heterocycles. The standard InChI is InChI=1S/C26H41N7O2/c1-21-25-23(7-8-24(28-25)32-12-4-2-3-5-13-32)33(29-21)26(34)27-22-9-14-31(15-10-22)17-16-30-11-6-19-35-20-18-30/h7-8,22H,2-6,9-20H2,1H3,(H,27,34). The van der Waals surface area contributed by atoms with Crippen LogP contribution < -0.4 is 10.2 Å². The number of rotatable bonds is 5. The summed E-state index contributed by atoms with van der Waals surface area (Å²) >= 11 is 0. The number of amides is 1. The molecule has 3 aliphatic rings. The molecule has 2 aromatic rings. The zero-order chi connectivity index (χ0) is 24.0. The number of aromatic nitrogens is 3. The topological polar surface area (TPSA) is 78.8 Å². The summed E-state index contributed by atoms with van der Waals surface area (Å²) in [5.74, 6) is 1.00. The van der Waals surface area contributed by atoms with Gasteiger partial charge >= 0.3 is 6.03 Å². The molecule has 35 heavy (non-hydrogen) atoms. The molecule has 9 nitrogen and oxygen atoms in total. The summed E-state index contributed by atoms with van der Waals surface area (Å²) in [6, 6.07) is 4.11. The highest BCUT2D eigenvalue weighted by Crippen LogP contribution is 2.23. The molecule has 1 amide bonds. The molecule has 0 radical (unpaired) electrons. The molecule has 0 unspecified atom stereocenters. The van der Waals surface area contributed by atoms with Crippen LogP contribution >= 0.6 is 0 Å². The highest BCUT2D eigenvalue weighted by atomic mass is 16.5. The van der Waals surface area contributed by atoms with Crippen molar-refractivity contribution in [3.05, 3.63) is 17.8 Å². The minimum Gasteiger partial charge on any atom is -0.380 e. The third kappa shape index (κ3) is 6.13. The van der Waals surface area contributed by atoms with Crippen molar-refractivity contribution < 1.29 is 9.53 Å². The lowest BCUT2D eigenvalue weighted by Gasteiger charge is -2.33. The second-order valence-electron chi connectivity index (χ2n) is 10.3. The molecular formula is C26H41N7O2. The number of carbonyl (C=O) groups is 1. The largest absolute Gasteiger partial charge is 0.380 e. The number of carbonyl (C=O) groups excluding carboxylic acids is 1. The van der Waals surface area contributed by atoms with Crippen LogP contribution in [0, 0.1) is 6.92 Å². The fourth-order valence-electron chi connectivity index (χ4n) is 5.60. The first kappa shape index (κ1) is 24.5. The average molecular weight is 484 g/mol. The number of hydrogen-bond donors (Lipinski definition) is 1. The number of anilines is 1. The van der Waals surface area contributed by atoms with Crippen molar-refractivity contribution in [1.82, 2.24) is 29.9 Å². The Balaban J connectivity index is 1.15. The summed E-state index contributed by atoms with van der Waals surface area (Å²) in [6.45, 7) is 12.2. The number of hydrogen-bond acceptors (Lipinski definition) is 7. The maximum absolute atomic E-state index is 13.1. The number of ether oxygens (including phenoxy) is 1. The van der Waals surface area contributed by atoms with Gasteiger partial charge in [-0.25, -0.2) is 9.78 Å². The van der Waals surface area contributed by atoms with Gasteiger partial charge in [-0.15, -0.1) is 0 Å². The molecule has 0 atom stereocenters. The zero-order valence-corrected chi connectivity index (χ0v) is 21.3. The maximum atomic E-state index is 13.1. The summed E-state index contributed by atoms with van der Waals surface area (Å²) in [4.78, 5) is 25.5. The first-order chi connectivity index (χ1) is 17.2. The first-order valence-corrected chi connectivity index (χ1v) is 13.6. The molecule has 3 fully saturated rings. The molecular weight excluding hydrogens is 442 g/mol. The SMILES string of the molecule is Cc1nn(C(=O)NC2CCN(CCN3CCCOCC3)CC2)c2ccc(N3CCCCCC3)nc12. The quantitative estimate of drug-likeness (QED) is 0.701. The van der Waals surface area contributed by atoms with Crippen molar-refractivity contribution in [3.63, 3.8) is 0 Å². The number of nitrogens with zero attached hydrogens (tertiary/aromatic N) is 6. The van der Waals surface area contributed by atoms with Crippen LogP contribution in [0.5, 0.6) is 0 Å². The average Bonchev–Trinajstić information content (AvgIpc) is 3.13. The number of piperidine rings is 1. The maximum Gasteiger partial charge on any atom is 0.342 e. The van der Waals surface area contributed by atoms with Gasteiger partial charge in [0.05, 0.1) is 17.8 Å². The number of aryl methyl sites for hydroxylation is 1. The molecule has 1 N–H and O–H groups in total. The van der Waals surface area contributed by atoms with Gasteiger partial charge in [0, 0.05) is 65.0 Å². The van der Waals surface area contributed by atoms with Crippen molar-refractivity contribution in [2.24, 2.45) is 0 Å². The molecule has 9 heteroatoms. The lowest BCUT2D eigenvalue weighted by atomic mass is 10.1. The third-order valence-electron chi connectivity index (χ3n) is 7.77. The van der Waals surface area contributed by atoms with Gasteiger partial charge in [0.25, 0.3) is 0 Å². The molecule has 5 heterocycles. The van der Waals surface area contributed by atoms with Gasteiger partial charge in [-0.05, 0) is 51.2 Å². The molecule has 192 valence electrons. The van der Waals surface area contributed by atoms with E-state index in [9.17, 15) is 4.79 Å². The minimum atomic E-state index is -0.143.